The van der Waals surface area contributed by atoms with Crippen LogP contribution in [-0.4, -0.2) is 44.1 Å². The fraction of sp³-hybridized carbons (Fsp3) is 0.364. The number of halogens is 3. The minimum Gasteiger partial charge on any atom is -0.497 e. The molecule has 0 saturated carbocycles. The third-order valence-corrected chi connectivity index (χ3v) is 5.26. The van der Waals surface area contributed by atoms with Crippen molar-refractivity contribution in [2.45, 2.75) is 31.1 Å². The van der Waals surface area contributed by atoms with Crippen molar-refractivity contribution in [1.29, 1.82) is 0 Å². The average molecular weight is 450 g/mol. The molecule has 0 radical (unpaired) electrons. The molecular formula is C22H25F3N4O3. The largest absolute Gasteiger partial charge is 0.497 e. The zero-order valence-electron chi connectivity index (χ0n) is 17.5. The van der Waals surface area contributed by atoms with Gasteiger partial charge in [-0.05, 0) is 48.7 Å². The van der Waals surface area contributed by atoms with Gasteiger partial charge < -0.3 is 26.4 Å². The Morgan fingerprint density at radius 3 is 2.56 bits per heavy atom. The second-order valence-electron chi connectivity index (χ2n) is 7.64. The van der Waals surface area contributed by atoms with Crippen LogP contribution in [0.1, 0.15) is 27.9 Å². The number of hydrogen-bond acceptors (Lipinski definition) is 5. The highest BCUT2D eigenvalue weighted by atomic mass is 19.4. The molecule has 172 valence electrons. The van der Waals surface area contributed by atoms with Gasteiger partial charge in [-0.1, -0.05) is 12.1 Å². The minimum atomic E-state index is -4.60. The number of nitrogens with one attached hydrogen (secondary N) is 3. The summed E-state index contributed by atoms with van der Waals surface area (Å²) in [6.45, 7) is 0.218. The first kappa shape index (κ1) is 23.4. The smallest absolute Gasteiger partial charge is 0.416 e. The summed E-state index contributed by atoms with van der Waals surface area (Å²) < 4.78 is 43.7. The Morgan fingerprint density at radius 1 is 1.19 bits per heavy atom. The van der Waals surface area contributed by atoms with Gasteiger partial charge in [0.1, 0.15) is 5.75 Å². The highest BCUT2D eigenvalue weighted by molar-refractivity contribution is 6.00. The number of nitrogen functional groups attached to an aromatic ring is 1. The maximum atomic E-state index is 12.9. The van der Waals surface area contributed by atoms with E-state index in [0.29, 0.717) is 19.0 Å². The topological polar surface area (TPSA) is 105 Å². The van der Waals surface area contributed by atoms with E-state index in [1.165, 1.54) is 0 Å². The lowest BCUT2D eigenvalue weighted by molar-refractivity contribution is -0.137. The number of methoxy groups -OCH3 is 1. The number of amides is 2. The normalized spacial score (nSPS) is 18.2. The van der Waals surface area contributed by atoms with E-state index >= 15 is 0 Å². The molecule has 1 aliphatic heterocycles. The second kappa shape index (κ2) is 9.90. The molecule has 2 unspecified atom stereocenters. The van der Waals surface area contributed by atoms with Crippen LogP contribution in [0.3, 0.4) is 0 Å². The monoisotopic (exact) mass is 450 g/mol. The molecule has 3 rings (SSSR count). The number of anilines is 1. The summed E-state index contributed by atoms with van der Waals surface area (Å²) in [6, 6.07) is 10.3. The van der Waals surface area contributed by atoms with Crippen molar-refractivity contribution in [2.75, 3.05) is 25.9 Å². The van der Waals surface area contributed by atoms with Crippen LogP contribution in [0.15, 0.2) is 42.5 Å². The number of hydrogen-bond donors (Lipinski definition) is 4. The molecule has 2 aromatic carbocycles. The van der Waals surface area contributed by atoms with Crippen molar-refractivity contribution in [2.24, 2.45) is 0 Å². The van der Waals surface area contributed by atoms with E-state index in [9.17, 15) is 22.8 Å². The first-order chi connectivity index (χ1) is 15.2. The summed E-state index contributed by atoms with van der Waals surface area (Å²) in [7, 11) is 1.61. The van der Waals surface area contributed by atoms with Gasteiger partial charge in [0.25, 0.3) is 5.91 Å². The molecule has 32 heavy (non-hydrogen) atoms. The van der Waals surface area contributed by atoms with Gasteiger partial charge >= 0.3 is 6.18 Å². The number of carbonyl (C=O) groups is 2. The molecule has 0 spiro atoms. The molecule has 7 nitrogen and oxygen atoms in total. The molecule has 0 aliphatic carbocycles. The summed E-state index contributed by atoms with van der Waals surface area (Å²) >= 11 is 0. The van der Waals surface area contributed by atoms with E-state index < -0.39 is 23.6 Å². The van der Waals surface area contributed by atoms with Crippen molar-refractivity contribution in [3.63, 3.8) is 0 Å². The molecule has 1 saturated heterocycles. The van der Waals surface area contributed by atoms with Crippen LogP contribution >= 0.6 is 0 Å². The Labute approximate surface area is 183 Å². The van der Waals surface area contributed by atoms with E-state index in [1.807, 2.05) is 24.3 Å². The Morgan fingerprint density at radius 2 is 1.91 bits per heavy atom. The molecule has 1 heterocycles. The van der Waals surface area contributed by atoms with Gasteiger partial charge in [0.05, 0.1) is 24.8 Å². The number of benzene rings is 2. The molecule has 0 bridgehead atoms. The molecule has 2 aromatic rings. The lowest BCUT2D eigenvalue weighted by Gasteiger charge is -2.14. The molecular weight excluding hydrogens is 425 g/mol. The summed E-state index contributed by atoms with van der Waals surface area (Å²) in [6.07, 6.45) is -3.09. The lowest BCUT2D eigenvalue weighted by atomic mass is 10.0. The predicted octanol–water partition coefficient (Wildman–Crippen LogP) is 2.12. The Kier molecular flexibility index (Phi) is 7.24. The van der Waals surface area contributed by atoms with E-state index in [4.69, 9.17) is 10.5 Å². The van der Waals surface area contributed by atoms with E-state index in [0.717, 1.165) is 29.9 Å². The van der Waals surface area contributed by atoms with Gasteiger partial charge in [0, 0.05) is 24.3 Å². The zero-order valence-corrected chi connectivity index (χ0v) is 17.5. The Balaban J connectivity index is 1.46. The quantitative estimate of drug-likeness (QED) is 0.484. The minimum absolute atomic E-state index is 0.0997. The van der Waals surface area contributed by atoms with Crippen LogP contribution in [0.4, 0.5) is 18.9 Å². The fourth-order valence-electron chi connectivity index (χ4n) is 3.59. The second-order valence-corrected chi connectivity index (χ2v) is 7.64. The predicted molar refractivity (Wildman–Crippen MR) is 113 cm³/mol. The molecule has 0 aromatic heterocycles. The highest BCUT2D eigenvalue weighted by Gasteiger charge is 2.31. The van der Waals surface area contributed by atoms with Crippen LogP contribution in [0.25, 0.3) is 0 Å². The van der Waals surface area contributed by atoms with Gasteiger partial charge in [-0.3, -0.25) is 9.59 Å². The molecule has 2 atom stereocenters. The van der Waals surface area contributed by atoms with Crippen molar-refractivity contribution >= 4 is 17.5 Å². The van der Waals surface area contributed by atoms with E-state index in [2.05, 4.69) is 16.0 Å². The number of carbonyl (C=O) groups excluding carboxylic acids is 2. The highest BCUT2D eigenvalue weighted by Crippen LogP contribution is 2.31. The molecule has 1 aliphatic rings. The van der Waals surface area contributed by atoms with Crippen molar-refractivity contribution in [3.8, 4) is 5.75 Å². The van der Waals surface area contributed by atoms with Gasteiger partial charge in [-0.15, -0.1) is 0 Å². The van der Waals surface area contributed by atoms with Crippen molar-refractivity contribution < 1.29 is 27.5 Å². The number of alkyl halides is 3. The first-order valence-electron chi connectivity index (χ1n) is 10.1. The molecule has 5 N–H and O–H groups in total. The van der Waals surface area contributed by atoms with Gasteiger partial charge in [0.2, 0.25) is 5.91 Å². The third-order valence-electron chi connectivity index (χ3n) is 5.26. The SMILES string of the molecule is COc1ccc(CC2CC(NC(=O)CNC(=O)c3cc(C(F)(F)F)ccc3N)CN2)cc1. The maximum Gasteiger partial charge on any atom is 0.416 e. The fourth-order valence-corrected chi connectivity index (χ4v) is 3.59. The van der Waals surface area contributed by atoms with Crippen molar-refractivity contribution in [3.05, 3.63) is 59.2 Å². The number of nitrogens with two attached hydrogens (primary N) is 1. The first-order valence-corrected chi connectivity index (χ1v) is 10.1. The zero-order chi connectivity index (χ0) is 23.3. The van der Waals surface area contributed by atoms with E-state index in [1.54, 1.807) is 7.11 Å². The molecule has 1 fully saturated rings. The lowest BCUT2D eigenvalue weighted by Crippen LogP contribution is -2.42. The summed E-state index contributed by atoms with van der Waals surface area (Å²) in [5.74, 6) is -0.487. The number of rotatable bonds is 7. The van der Waals surface area contributed by atoms with Gasteiger partial charge in [0.15, 0.2) is 0 Å². The standard InChI is InChI=1S/C22H25F3N4O3/c1-32-17-5-2-13(3-6-17)8-15-10-16(11-27-15)29-20(30)12-28-21(31)18-9-14(22(23,24)25)4-7-19(18)26/h2-7,9,15-16,27H,8,10-12,26H2,1H3,(H,28,31)(H,29,30). The third kappa shape index (κ3) is 6.13. The molecule has 2 amide bonds. The summed E-state index contributed by atoms with van der Waals surface area (Å²) in [4.78, 5) is 24.4. The van der Waals surface area contributed by atoms with E-state index in [-0.39, 0.29) is 29.9 Å². The van der Waals surface area contributed by atoms with Gasteiger partial charge in [-0.2, -0.15) is 13.2 Å². The Hall–Kier alpha value is -3.27. The molecule has 10 heteroatoms. The maximum absolute atomic E-state index is 12.9. The van der Waals surface area contributed by atoms with Crippen LogP contribution in [0.5, 0.6) is 5.75 Å². The van der Waals surface area contributed by atoms with Gasteiger partial charge in [-0.25, -0.2) is 0 Å². The summed E-state index contributed by atoms with van der Waals surface area (Å²) in [5, 5.41) is 8.50. The van der Waals surface area contributed by atoms with Crippen LogP contribution < -0.4 is 26.4 Å². The van der Waals surface area contributed by atoms with Crippen LogP contribution in [-0.2, 0) is 17.4 Å². The average Bonchev–Trinajstić information content (AvgIpc) is 3.18. The van der Waals surface area contributed by atoms with Crippen LogP contribution in [0, 0.1) is 0 Å². The summed E-state index contributed by atoms with van der Waals surface area (Å²) in [5.41, 5.74) is 5.35. The van der Waals surface area contributed by atoms with Crippen molar-refractivity contribution in [1.82, 2.24) is 16.0 Å². The Bertz CT molecular complexity index is 964. The number of ether oxygens (including phenoxy) is 1. The van der Waals surface area contributed by atoms with Crippen LogP contribution in [0.2, 0.25) is 0 Å².